The predicted octanol–water partition coefficient (Wildman–Crippen LogP) is 2.24. The summed E-state index contributed by atoms with van der Waals surface area (Å²) in [7, 11) is 1.89. The van der Waals surface area contributed by atoms with Crippen molar-refractivity contribution < 1.29 is 5.11 Å². The van der Waals surface area contributed by atoms with E-state index in [-0.39, 0.29) is 5.75 Å². The van der Waals surface area contributed by atoms with Gasteiger partial charge in [0.15, 0.2) is 0 Å². The number of benzene rings is 1. The third kappa shape index (κ3) is 2.16. The summed E-state index contributed by atoms with van der Waals surface area (Å²) in [6, 6.07) is 7.25. The third-order valence-corrected chi connectivity index (χ3v) is 2.97. The molecule has 0 unspecified atom stereocenters. The third-order valence-electron chi connectivity index (χ3n) is 2.04. The summed E-state index contributed by atoms with van der Waals surface area (Å²) in [5, 5.41) is 15.6. The zero-order valence-electron chi connectivity index (χ0n) is 8.40. The van der Waals surface area contributed by atoms with Crippen LogP contribution in [0.3, 0.4) is 0 Å². The number of para-hydroxylation sites is 1. The zero-order chi connectivity index (χ0) is 10.7. The highest BCUT2D eigenvalue weighted by atomic mass is 32.1. The van der Waals surface area contributed by atoms with E-state index in [2.05, 4.69) is 10.3 Å². The molecule has 1 aromatic heterocycles. The van der Waals surface area contributed by atoms with Gasteiger partial charge in [-0.3, -0.25) is 0 Å². The average Bonchev–Trinajstić information content (AvgIpc) is 2.68. The topological polar surface area (TPSA) is 45.1 Å². The van der Waals surface area contributed by atoms with E-state index < -0.39 is 0 Å². The molecule has 0 aliphatic rings. The van der Waals surface area contributed by atoms with E-state index in [0.29, 0.717) is 0 Å². The molecule has 1 heterocycles. The molecule has 0 saturated carbocycles. The van der Waals surface area contributed by atoms with Gasteiger partial charge in [0.05, 0.1) is 11.3 Å². The fourth-order valence-electron chi connectivity index (χ4n) is 1.35. The average molecular weight is 220 g/mol. The van der Waals surface area contributed by atoms with E-state index in [0.717, 1.165) is 22.8 Å². The number of rotatable bonds is 3. The van der Waals surface area contributed by atoms with Crippen molar-refractivity contribution in [2.75, 3.05) is 7.05 Å². The van der Waals surface area contributed by atoms with Gasteiger partial charge in [-0.15, -0.1) is 11.3 Å². The smallest absolute Gasteiger partial charge is 0.127 e. The first-order valence-electron chi connectivity index (χ1n) is 4.68. The van der Waals surface area contributed by atoms with Gasteiger partial charge in [-0.1, -0.05) is 12.1 Å². The molecule has 1 aromatic carbocycles. The minimum atomic E-state index is 0.280. The van der Waals surface area contributed by atoms with Gasteiger partial charge in [0.1, 0.15) is 10.8 Å². The number of thiazole rings is 1. The highest BCUT2D eigenvalue weighted by molar-refractivity contribution is 7.13. The molecule has 0 atom stereocenters. The van der Waals surface area contributed by atoms with Gasteiger partial charge in [-0.2, -0.15) is 0 Å². The molecular formula is C11H12N2OS. The molecule has 0 aliphatic heterocycles. The van der Waals surface area contributed by atoms with E-state index in [1.807, 2.05) is 24.6 Å². The maximum absolute atomic E-state index is 9.65. The summed E-state index contributed by atoms with van der Waals surface area (Å²) >= 11 is 1.55. The van der Waals surface area contributed by atoms with E-state index in [1.165, 1.54) is 0 Å². The van der Waals surface area contributed by atoms with Crippen LogP contribution in [0.25, 0.3) is 10.6 Å². The molecule has 2 N–H and O–H groups in total. The molecule has 2 aromatic rings. The lowest BCUT2D eigenvalue weighted by atomic mass is 10.2. The van der Waals surface area contributed by atoms with E-state index in [9.17, 15) is 5.11 Å². The van der Waals surface area contributed by atoms with Crippen LogP contribution in [0.4, 0.5) is 0 Å². The van der Waals surface area contributed by atoms with Gasteiger partial charge in [0.25, 0.3) is 0 Å². The Balaban J connectivity index is 2.33. The van der Waals surface area contributed by atoms with Crippen LogP contribution in [0.2, 0.25) is 0 Å². The van der Waals surface area contributed by atoms with Crippen LogP contribution in [0.1, 0.15) is 5.69 Å². The minimum Gasteiger partial charge on any atom is -0.507 e. The Bertz CT molecular complexity index is 453. The summed E-state index contributed by atoms with van der Waals surface area (Å²) < 4.78 is 0. The number of hydrogen-bond acceptors (Lipinski definition) is 4. The Morgan fingerprint density at radius 1 is 1.40 bits per heavy atom. The summed E-state index contributed by atoms with van der Waals surface area (Å²) in [6.07, 6.45) is 0. The van der Waals surface area contributed by atoms with Gasteiger partial charge >= 0.3 is 0 Å². The lowest BCUT2D eigenvalue weighted by Gasteiger charge is -1.98. The van der Waals surface area contributed by atoms with Gasteiger partial charge in [-0.05, 0) is 19.2 Å². The molecule has 0 fully saturated rings. The number of aromatic hydroxyl groups is 1. The van der Waals surface area contributed by atoms with E-state index in [4.69, 9.17) is 0 Å². The molecule has 78 valence electrons. The van der Waals surface area contributed by atoms with Crippen molar-refractivity contribution in [2.45, 2.75) is 6.54 Å². The van der Waals surface area contributed by atoms with Crippen LogP contribution >= 0.6 is 11.3 Å². The van der Waals surface area contributed by atoms with Crippen LogP contribution in [0.15, 0.2) is 29.6 Å². The van der Waals surface area contributed by atoms with E-state index >= 15 is 0 Å². The van der Waals surface area contributed by atoms with Gasteiger partial charge in [-0.25, -0.2) is 4.98 Å². The Morgan fingerprint density at radius 2 is 2.20 bits per heavy atom. The number of nitrogens with one attached hydrogen (secondary N) is 1. The van der Waals surface area contributed by atoms with Gasteiger partial charge in [0, 0.05) is 11.9 Å². The maximum atomic E-state index is 9.65. The fourth-order valence-corrected chi connectivity index (χ4v) is 2.20. The standard InChI is InChI=1S/C11H12N2OS/c1-12-6-8-7-15-11(13-8)9-4-2-3-5-10(9)14/h2-5,7,12,14H,6H2,1H3. The molecule has 15 heavy (non-hydrogen) atoms. The Kier molecular flexibility index (Phi) is 2.99. The Morgan fingerprint density at radius 3 is 2.93 bits per heavy atom. The summed E-state index contributed by atoms with van der Waals surface area (Å²) in [4.78, 5) is 4.43. The molecule has 3 nitrogen and oxygen atoms in total. The van der Waals surface area contributed by atoms with Crippen molar-refractivity contribution in [3.8, 4) is 16.3 Å². The van der Waals surface area contributed by atoms with Crippen molar-refractivity contribution in [2.24, 2.45) is 0 Å². The minimum absolute atomic E-state index is 0.280. The highest BCUT2D eigenvalue weighted by Gasteiger charge is 2.07. The number of phenols is 1. The van der Waals surface area contributed by atoms with Crippen LogP contribution in [0.5, 0.6) is 5.75 Å². The zero-order valence-corrected chi connectivity index (χ0v) is 9.21. The van der Waals surface area contributed by atoms with Crippen molar-refractivity contribution in [1.82, 2.24) is 10.3 Å². The second-order valence-corrected chi connectivity index (χ2v) is 4.05. The quantitative estimate of drug-likeness (QED) is 0.833. The molecule has 0 aliphatic carbocycles. The first-order valence-corrected chi connectivity index (χ1v) is 5.56. The van der Waals surface area contributed by atoms with Crippen molar-refractivity contribution in [3.63, 3.8) is 0 Å². The lowest BCUT2D eigenvalue weighted by molar-refractivity contribution is 0.477. The number of aromatic nitrogens is 1. The van der Waals surface area contributed by atoms with Gasteiger partial charge < -0.3 is 10.4 Å². The molecule has 0 bridgehead atoms. The van der Waals surface area contributed by atoms with Crippen molar-refractivity contribution in [3.05, 3.63) is 35.3 Å². The molecule has 2 rings (SSSR count). The molecule has 0 amide bonds. The molecule has 0 saturated heterocycles. The molecule has 4 heteroatoms. The van der Waals surface area contributed by atoms with Gasteiger partial charge in [0.2, 0.25) is 0 Å². The second kappa shape index (κ2) is 4.42. The summed E-state index contributed by atoms with van der Waals surface area (Å²) in [5.41, 5.74) is 1.80. The molecule has 0 spiro atoms. The lowest BCUT2D eigenvalue weighted by Crippen LogP contribution is -2.04. The van der Waals surface area contributed by atoms with Crippen LogP contribution in [-0.2, 0) is 6.54 Å². The van der Waals surface area contributed by atoms with E-state index in [1.54, 1.807) is 23.5 Å². The first-order chi connectivity index (χ1) is 7.31. The maximum Gasteiger partial charge on any atom is 0.127 e. The fraction of sp³-hybridized carbons (Fsp3) is 0.182. The summed E-state index contributed by atoms with van der Waals surface area (Å²) in [6.45, 7) is 0.754. The Labute approximate surface area is 92.4 Å². The van der Waals surface area contributed by atoms with Crippen LogP contribution in [-0.4, -0.2) is 17.1 Å². The predicted molar refractivity (Wildman–Crippen MR) is 62.0 cm³/mol. The molecular weight excluding hydrogens is 208 g/mol. The largest absolute Gasteiger partial charge is 0.507 e. The van der Waals surface area contributed by atoms with Crippen molar-refractivity contribution >= 4 is 11.3 Å². The monoisotopic (exact) mass is 220 g/mol. The van der Waals surface area contributed by atoms with Crippen LogP contribution in [0, 0.1) is 0 Å². The number of phenolic OH excluding ortho intramolecular Hbond substituents is 1. The number of nitrogens with zero attached hydrogens (tertiary/aromatic N) is 1. The van der Waals surface area contributed by atoms with Crippen molar-refractivity contribution in [1.29, 1.82) is 0 Å². The highest BCUT2D eigenvalue weighted by Crippen LogP contribution is 2.30. The Hall–Kier alpha value is -1.39. The number of hydrogen-bond donors (Lipinski definition) is 2. The van der Waals surface area contributed by atoms with Crippen LogP contribution < -0.4 is 5.32 Å². The molecule has 0 radical (unpaired) electrons. The SMILES string of the molecule is CNCc1csc(-c2ccccc2O)n1. The summed E-state index contributed by atoms with van der Waals surface area (Å²) in [5.74, 6) is 0.280. The normalized spacial score (nSPS) is 10.5. The second-order valence-electron chi connectivity index (χ2n) is 3.19. The first kappa shape index (κ1) is 10.1.